The van der Waals surface area contributed by atoms with Gasteiger partial charge in [0.1, 0.15) is 12.2 Å². The van der Waals surface area contributed by atoms with Crippen molar-refractivity contribution in [1.29, 1.82) is 0 Å². The van der Waals surface area contributed by atoms with Gasteiger partial charge in [0, 0.05) is 18.8 Å². The fourth-order valence-electron chi connectivity index (χ4n) is 4.33. The van der Waals surface area contributed by atoms with E-state index in [0.29, 0.717) is 11.6 Å². The van der Waals surface area contributed by atoms with Gasteiger partial charge in [-0.2, -0.15) is 5.10 Å². The molecule has 1 saturated carbocycles. The maximum atomic E-state index is 13.1. The van der Waals surface area contributed by atoms with Crippen molar-refractivity contribution in [3.63, 3.8) is 0 Å². The maximum Gasteiger partial charge on any atom is 0.272 e. The fraction of sp³-hybridized carbons (Fsp3) is 0.778. The fourth-order valence-corrected chi connectivity index (χ4v) is 4.33. The summed E-state index contributed by atoms with van der Waals surface area (Å²) in [6.45, 7) is 0.218. The highest BCUT2D eigenvalue weighted by Crippen LogP contribution is 2.34. The first kappa shape index (κ1) is 17.4. The first-order valence-corrected chi connectivity index (χ1v) is 9.27. The Hall–Kier alpha value is -1.46. The van der Waals surface area contributed by atoms with Gasteiger partial charge in [0.2, 0.25) is 0 Å². The van der Waals surface area contributed by atoms with Gasteiger partial charge >= 0.3 is 0 Å². The third kappa shape index (κ3) is 3.95. The second kappa shape index (κ2) is 8.08. The lowest BCUT2D eigenvalue weighted by molar-refractivity contribution is 0.0553. The van der Waals surface area contributed by atoms with Crippen LogP contribution in [0.25, 0.3) is 0 Å². The molecule has 1 atom stereocenters. The molecule has 1 amide bonds. The summed E-state index contributed by atoms with van der Waals surface area (Å²) in [4.78, 5) is 15.1. The molecular formula is C18H27F2N3O. The Morgan fingerprint density at radius 1 is 1.12 bits per heavy atom. The number of nitrogens with zero attached hydrogens (tertiary/aromatic N) is 3. The Kier molecular flexibility index (Phi) is 5.85. The van der Waals surface area contributed by atoms with E-state index in [1.165, 1.54) is 38.3 Å². The minimum Gasteiger partial charge on any atom is -0.334 e. The van der Waals surface area contributed by atoms with E-state index in [-0.39, 0.29) is 11.9 Å². The largest absolute Gasteiger partial charge is 0.334 e. The zero-order valence-electron chi connectivity index (χ0n) is 14.2. The predicted molar refractivity (Wildman–Crippen MR) is 88.1 cm³/mol. The van der Waals surface area contributed by atoms with Crippen LogP contribution in [0.2, 0.25) is 0 Å². The van der Waals surface area contributed by atoms with Crippen molar-refractivity contribution in [2.24, 2.45) is 5.92 Å². The van der Waals surface area contributed by atoms with Crippen LogP contribution in [-0.4, -0.2) is 39.6 Å². The van der Waals surface area contributed by atoms with Gasteiger partial charge in [0.25, 0.3) is 12.3 Å². The molecule has 1 aromatic rings. The SMILES string of the molecule is O=C(c1ccnn1CC(F)F)N1CCCCC[C@H]1C1CCCCC1. The molecule has 0 radical (unpaired) electrons. The number of rotatable bonds is 4. The van der Waals surface area contributed by atoms with E-state index in [1.807, 2.05) is 4.90 Å². The molecule has 0 spiro atoms. The van der Waals surface area contributed by atoms with E-state index in [4.69, 9.17) is 0 Å². The number of carbonyl (C=O) groups excluding carboxylic acids is 1. The van der Waals surface area contributed by atoms with E-state index < -0.39 is 13.0 Å². The highest BCUT2D eigenvalue weighted by atomic mass is 19.3. The molecule has 2 heterocycles. The third-order valence-corrected chi connectivity index (χ3v) is 5.50. The minimum absolute atomic E-state index is 0.120. The zero-order chi connectivity index (χ0) is 16.9. The van der Waals surface area contributed by atoms with Crippen LogP contribution in [0.15, 0.2) is 12.3 Å². The topological polar surface area (TPSA) is 38.1 Å². The van der Waals surface area contributed by atoms with E-state index in [1.54, 1.807) is 6.07 Å². The van der Waals surface area contributed by atoms with Crippen molar-refractivity contribution in [2.45, 2.75) is 76.8 Å². The summed E-state index contributed by atoms with van der Waals surface area (Å²) in [6, 6.07) is 1.84. The van der Waals surface area contributed by atoms with E-state index >= 15 is 0 Å². The molecule has 1 aliphatic carbocycles. The number of hydrogen-bond donors (Lipinski definition) is 0. The lowest BCUT2D eigenvalue weighted by Gasteiger charge is -2.38. The van der Waals surface area contributed by atoms with Crippen molar-refractivity contribution in [1.82, 2.24) is 14.7 Å². The van der Waals surface area contributed by atoms with Gasteiger partial charge in [-0.1, -0.05) is 32.1 Å². The number of halogens is 2. The second-order valence-electron chi connectivity index (χ2n) is 7.10. The smallest absolute Gasteiger partial charge is 0.272 e. The van der Waals surface area contributed by atoms with Crippen molar-refractivity contribution in [2.75, 3.05) is 6.54 Å². The quantitative estimate of drug-likeness (QED) is 0.828. The highest BCUT2D eigenvalue weighted by Gasteiger charge is 2.34. The molecule has 2 fully saturated rings. The molecule has 134 valence electrons. The molecule has 2 aliphatic rings. The Morgan fingerprint density at radius 3 is 2.58 bits per heavy atom. The standard InChI is InChI=1S/C18H27F2N3O/c19-17(20)13-23-16(10-11-21-23)18(24)22-12-6-2-5-9-15(22)14-7-3-1-4-8-14/h10-11,14-15,17H,1-9,12-13H2/t15-/m0/s1. The second-order valence-corrected chi connectivity index (χ2v) is 7.10. The van der Waals surface area contributed by atoms with Crippen molar-refractivity contribution in [3.8, 4) is 0 Å². The van der Waals surface area contributed by atoms with Crippen LogP contribution in [0.5, 0.6) is 0 Å². The average molecular weight is 339 g/mol. The van der Waals surface area contributed by atoms with Gasteiger partial charge in [-0.25, -0.2) is 8.78 Å². The van der Waals surface area contributed by atoms with E-state index in [9.17, 15) is 13.6 Å². The zero-order valence-corrected chi connectivity index (χ0v) is 14.2. The molecule has 0 aromatic carbocycles. The molecule has 4 nitrogen and oxygen atoms in total. The van der Waals surface area contributed by atoms with Gasteiger partial charge in [0.15, 0.2) is 0 Å². The molecule has 1 saturated heterocycles. The molecular weight excluding hydrogens is 312 g/mol. The molecule has 6 heteroatoms. The van der Waals surface area contributed by atoms with Crippen LogP contribution in [0.3, 0.4) is 0 Å². The first-order chi connectivity index (χ1) is 11.7. The third-order valence-electron chi connectivity index (χ3n) is 5.50. The van der Waals surface area contributed by atoms with Crippen LogP contribution in [-0.2, 0) is 6.54 Å². The van der Waals surface area contributed by atoms with Gasteiger partial charge in [0.05, 0.1) is 0 Å². The number of alkyl halides is 2. The van der Waals surface area contributed by atoms with Crippen LogP contribution >= 0.6 is 0 Å². The monoisotopic (exact) mass is 339 g/mol. The van der Waals surface area contributed by atoms with Gasteiger partial charge in [-0.15, -0.1) is 0 Å². The number of amides is 1. The minimum atomic E-state index is -2.50. The molecule has 24 heavy (non-hydrogen) atoms. The lowest BCUT2D eigenvalue weighted by Crippen LogP contribution is -2.45. The summed E-state index contributed by atoms with van der Waals surface area (Å²) in [5.74, 6) is 0.442. The molecule has 0 bridgehead atoms. The first-order valence-electron chi connectivity index (χ1n) is 9.27. The van der Waals surface area contributed by atoms with Crippen LogP contribution in [0, 0.1) is 5.92 Å². The molecule has 1 aromatic heterocycles. The van der Waals surface area contributed by atoms with Crippen LogP contribution in [0.1, 0.15) is 68.3 Å². The van der Waals surface area contributed by atoms with Crippen LogP contribution < -0.4 is 0 Å². The Morgan fingerprint density at radius 2 is 1.83 bits per heavy atom. The molecule has 1 aliphatic heterocycles. The van der Waals surface area contributed by atoms with Gasteiger partial charge in [-0.3, -0.25) is 9.48 Å². The molecule has 3 rings (SSSR count). The predicted octanol–water partition coefficient (Wildman–Crippen LogP) is 4.11. The number of carbonyl (C=O) groups is 1. The summed E-state index contributed by atoms with van der Waals surface area (Å²) >= 11 is 0. The summed E-state index contributed by atoms with van der Waals surface area (Å²) in [6.07, 6.45) is 9.42. The normalized spacial score (nSPS) is 23.5. The number of aromatic nitrogens is 2. The van der Waals surface area contributed by atoms with Crippen molar-refractivity contribution in [3.05, 3.63) is 18.0 Å². The summed E-state index contributed by atoms with van der Waals surface area (Å²) in [7, 11) is 0. The van der Waals surface area contributed by atoms with Crippen molar-refractivity contribution >= 4 is 5.91 Å². The van der Waals surface area contributed by atoms with E-state index in [0.717, 1.165) is 36.9 Å². The van der Waals surface area contributed by atoms with Gasteiger partial charge in [-0.05, 0) is 37.7 Å². The van der Waals surface area contributed by atoms with Crippen LogP contribution in [0.4, 0.5) is 8.78 Å². The maximum absolute atomic E-state index is 13.1. The van der Waals surface area contributed by atoms with E-state index in [2.05, 4.69) is 5.10 Å². The Bertz CT molecular complexity index is 540. The van der Waals surface area contributed by atoms with Crippen molar-refractivity contribution < 1.29 is 13.6 Å². The summed E-state index contributed by atoms with van der Waals surface area (Å²) in [5, 5.41) is 3.92. The number of likely N-dealkylation sites (tertiary alicyclic amines) is 1. The summed E-state index contributed by atoms with van der Waals surface area (Å²) in [5.41, 5.74) is 0.304. The lowest BCUT2D eigenvalue weighted by atomic mass is 9.81. The number of hydrogen-bond acceptors (Lipinski definition) is 2. The average Bonchev–Trinajstić information content (AvgIpc) is 2.89. The van der Waals surface area contributed by atoms with Gasteiger partial charge < -0.3 is 4.90 Å². The molecule has 0 unspecified atom stereocenters. The Balaban J connectivity index is 1.80. The molecule has 0 N–H and O–H groups in total. The Labute approximate surface area is 142 Å². The highest BCUT2D eigenvalue weighted by molar-refractivity contribution is 5.92. The summed E-state index contributed by atoms with van der Waals surface area (Å²) < 4.78 is 26.6.